The van der Waals surface area contributed by atoms with E-state index in [1.54, 1.807) is 0 Å². The summed E-state index contributed by atoms with van der Waals surface area (Å²) in [7, 11) is 0. The second kappa shape index (κ2) is 6.01. The van der Waals surface area contributed by atoms with Gasteiger partial charge in [-0.1, -0.05) is 24.6 Å². The maximum absolute atomic E-state index is 12.4. The van der Waals surface area contributed by atoms with Gasteiger partial charge in [0, 0.05) is 24.7 Å². The van der Waals surface area contributed by atoms with Crippen molar-refractivity contribution in [2.75, 3.05) is 19.6 Å². The highest BCUT2D eigenvalue weighted by Gasteiger charge is 2.23. The minimum Gasteiger partial charge on any atom is -0.337 e. The molecule has 1 heterocycles. The van der Waals surface area contributed by atoms with Gasteiger partial charge < -0.3 is 10.2 Å². The Morgan fingerprint density at radius 1 is 1.39 bits per heavy atom. The molecule has 1 N–H and O–H groups in total. The van der Waals surface area contributed by atoms with Crippen molar-refractivity contribution in [3.05, 3.63) is 35.4 Å². The SMILES string of the molecule is CCNC1CCCN(C(=O)c2ccc(C)cc2)C1. The Labute approximate surface area is 109 Å². The van der Waals surface area contributed by atoms with Crippen molar-refractivity contribution in [1.82, 2.24) is 10.2 Å². The van der Waals surface area contributed by atoms with Gasteiger partial charge in [0.25, 0.3) is 5.91 Å². The summed E-state index contributed by atoms with van der Waals surface area (Å²) < 4.78 is 0. The van der Waals surface area contributed by atoms with Gasteiger partial charge in [-0.25, -0.2) is 0 Å². The normalized spacial score (nSPS) is 19.9. The number of carbonyl (C=O) groups is 1. The first-order valence-electron chi connectivity index (χ1n) is 6.80. The molecule has 1 aliphatic rings. The second-order valence-corrected chi connectivity index (χ2v) is 5.01. The van der Waals surface area contributed by atoms with E-state index in [0.717, 1.165) is 31.6 Å². The van der Waals surface area contributed by atoms with Crippen LogP contribution in [0.1, 0.15) is 35.7 Å². The van der Waals surface area contributed by atoms with Crippen LogP contribution in [0.2, 0.25) is 0 Å². The largest absolute Gasteiger partial charge is 0.337 e. The monoisotopic (exact) mass is 246 g/mol. The summed E-state index contributed by atoms with van der Waals surface area (Å²) in [6, 6.07) is 8.30. The molecule has 0 aromatic heterocycles. The summed E-state index contributed by atoms with van der Waals surface area (Å²) in [6.45, 7) is 6.84. The molecule has 1 aliphatic heterocycles. The molecule has 0 aliphatic carbocycles. The molecule has 18 heavy (non-hydrogen) atoms. The number of piperidine rings is 1. The van der Waals surface area contributed by atoms with Gasteiger partial charge in [0.15, 0.2) is 0 Å². The third-order valence-corrected chi connectivity index (χ3v) is 3.50. The topological polar surface area (TPSA) is 32.3 Å². The lowest BCUT2D eigenvalue weighted by Crippen LogP contribution is -2.47. The van der Waals surface area contributed by atoms with Crippen molar-refractivity contribution in [1.29, 1.82) is 0 Å². The Morgan fingerprint density at radius 3 is 2.78 bits per heavy atom. The number of hydrogen-bond acceptors (Lipinski definition) is 2. The maximum atomic E-state index is 12.4. The van der Waals surface area contributed by atoms with Crippen LogP contribution in [0.3, 0.4) is 0 Å². The zero-order valence-electron chi connectivity index (χ0n) is 11.3. The molecular weight excluding hydrogens is 224 g/mol. The first-order chi connectivity index (χ1) is 8.70. The van der Waals surface area contributed by atoms with Crippen molar-refractivity contribution in [2.45, 2.75) is 32.7 Å². The van der Waals surface area contributed by atoms with Gasteiger partial charge in [0.1, 0.15) is 0 Å². The molecule has 0 bridgehead atoms. The minimum absolute atomic E-state index is 0.164. The van der Waals surface area contributed by atoms with Gasteiger partial charge in [0.2, 0.25) is 0 Å². The molecular formula is C15H22N2O. The van der Waals surface area contributed by atoms with Crippen molar-refractivity contribution >= 4 is 5.91 Å². The third-order valence-electron chi connectivity index (χ3n) is 3.50. The molecule has 1 amide bonds. The lowest BCUT2D eigenvalue weighted by molar-refractivity contribution is 0.0695. The molecule has 1 aromatic carbocycles. The highest BCUT2D eigenvalue weighted by molar-refractivity contribution is 5.94. The van der Waals surface area contributed by atoms with E-state index in [4.69, 9.17) is 0 Å². The van der Waals surface area contributed by atoms with Crippen LogP contribution in [0.4, 0.5) is 0 Å². The Bertz CT molecular complexity index is 397. The zero-order valence-corrected chi connectivity index (χ0v) is 11.3. The summed E-state index contributed by atoms with van der Waals surface area (Å²) in [5.41, 5.74) is 1.99. The zero-order chi connectivity index (χ0) is 13.0. The van der Waals surface area contributed by atoms with Crippen LogP contribution >= 0.6 is 0 Å². The molecule has 0 radical (unpaired) electrons. The van der Waals surface area contributed by atoms with Crippen LogP contribution in [-0.2, 0) is 0 Å². The molecule has 3 heteroatoms. The quantitative estimate of drug-likeness (QED) is 0.887. The van der Waals surface area contributed by atoms with Crippen molar-refractivity contribution in [2.24, 2.45) is 0 Å². The maximum Gasteiger partial charge on any atom is 0.253 e. The van der Waals surface area contributed by atoms with E-state index in [1.807, 2.05) is 36.1 Å². The Hall–Kier alpha value is -1.35. The standard InChI is InChI=1S/C15H22N2O/c1-3-16-14-5-4-10-17(11-14)15(18)13-8-6-12(2)7-9-13/h6-9,14,16H,3-5,10-11H2,1-2H3. The molecule has 2 rings (SSSR count). The van der Waals surface area contributed by atoms with E-state index in [9.17, 15) is 4.79 Å². The predicted molar refractivity (Wildman–Crippen MR) is 73.8 cm³/mol. The van der Waals surface area contributed by atoms with Crippen LogP contribution in [0.5, 0.6) is 0 Å². The molecule has 98 valence electrons. The van der Waals surface area contributed by atoms with Crippen LogP contribution < -0.4 is 5.32 Å². The molecule has 1 aromatic rings. The number of carbonyl (C=O) groups excluding carboxylic acids is 1. The number of likely N-dealkylation sites (tertiary alicyclic amines) is 1. The second-order valence-electron chi connectivity index (χ2n) is 5.01. The van der Waals surface area contributed by atoms with Gasteiger partial charge in [-0.3, -0.25) is 4.79 Å². The summed E-state index contributed by atoms with van der Waals surface area (Å²) in [5, 5.41) is 3.44. The Kier molecular flexibility index (Phi) is 4.37. The van der Waals surface area contributed by atoms with Gasteiger partial charge in [-0.05, 0) is 38.4 Å². The van der Waals surface area contributed by atoms with Crippen molar-refractivity contribution in [3.63, 3.8) is 0 Å². The smallest absolute Gasteiger partial charge is 0.253 e. The van der Waals surface area contributed by atoms with Gasteiger partial charge >= 0.3 is 0 Å². The average molecular weight is 246 g/mol. The van der Waals surface area contributed by atoms with Gasteiger partial charge in [-0.2, -0.15) is 0 Å². The minimum atomic E-state index is 0.164. The number of nitrogens with zero attached hydrogens (tertiary/aromatic N) is 1. The third kappa shape index (κ3) is 3.10. The molecule has 1 fully saturated rings. The highest BCUT2D eigenvalue weighted by Crippen LogP contribution is 2.14. The highest BCUT2D eigenvalue weighted by atomic mass is 16.2. The van der Waals surface area contributed by atoms with Crippen LogP contribution in [0.15, 0.2) is 24.3 Å². The number of rotatable bonds is 3. The van der Waals surface area contributed by atoms with Crippen molar-refractivity contribution in [3.8, 4) is 0 Å². The first kappa shape index (κ1) is 13.1. The summed E-state index contributed by atoms with van der Waals surface area (Å²) in [5.74, 6) is 0.164. The Balaban J connectivity index is 2.02. The van der Waals surface area contributed by atoms with Crippen LogP contribution in [0.25, 0.3) is 0 Å². The fourth-order valence-corrected chi connectivity index (χ4v) is 2.50. The molecule has 1 unspecified atom stereocenters. The number of aryl methyl sites for hydroxylation is 1. The summed E-state index contributed by atoms with van der Waals surface area (Å²) in [6.07, 6.45) is 2.26. The number of hydrogen-bond donors (Lipinski definition) is 1. The van der Waals surface area contributed by atoms with E-state index >= 15 is 0 Å². The van der Waals surface area contributed by atoms with E-state index < -0.39 is 0 Å². The van der Waals surface area contributed by atoms with Crippen molar-refractivity contribution < 1.29 is 4.79 Å². The predicted octanol–water partition coefficient (Wildman–Crippen LogP) is 2.21. The number of likely N-dealkylation sites (N-methyl/N-ethyl adjacent to an activating group) is 1. The number of benzene rings is 1. The van der Waals surface area contributed by atoms with Gasteiger partial charge in [0.05, 0.1) is 0 Å². The van der Waals surface area contributed by atoms with Crippen LogP contribution in [0, 0.1) is 6.92 Å². The molecule has 1 saturated heterocycles. The first-order valence-corrected chi connectivity index (χ1v) is 6.80. The van der Waals surface area contributed by atoms with E-state index in [-0.39, 0.29) is 5.91 Å². The lowest BCUT2D eigenvalue weighted by atomic mass is 10.0. The number of nitrogens with one attached hydrogen (secondary N) is 1. The summed E-state index contributed by atoms with van der Waals surface area (Å²) in [4.78, 5) is 14.3. The van der Waals surface area contributed by atoms with E-state index in [1.165, 1.54) is 12.0 Å². The number of amides is 1. The van der Waals surface area contributed by atoms with E-state index in [0.29, 0.717) is 6.04 Å². The fourth-order valence-electron chi connectivity index (χ4n) is 2.50. The summed E-state index contributed by atoms with van der Waals surface area (Å²) >= 11 is 0. The molecule has 0 saturated carbocycles. The van der Waals surface area contributed by atoms with E-state index in [2.05, 4.69) is 12.2 Å². The van der Waals surface area contributed by atoms with Crippen LogP contribution in [-0.4, -0.2) is 36.5 Å². The Morgan fingerprint density at radius 2 is 2.11 bits per heavy atom. The average Bonchev–Trinajstić information content (AvgIpc) is 2.39. The fraction of sp³-hybridized carbons (Fsp3) is 0.533. The molecule has 3 nitrogen and oxygen atoms in total. The lowest BCUT2D eigenvalue weighted by Gasteiger charge is -2.33. The van der Waals surface area contributed by atoms with Gasteiger partial charge in [-0.15, -0.1) is 0 Å². The molecule has 0 spiro atoms. The molecule has 1 atom stereocenters.